The molecule has 0 aromatic heterocycles. The highest BCUT2D eigenvalue weighted by Gasteiger charge is 2.33. The third kappa shape index (κ3) is 4.20. The molecule has 1 atom stereocenters. The highest BCUT2D eigenvalue weighted by atomic mass is 79.9. The van der Waals surface area contributed by atoms with E-state index in [-0.39, 0.29) is 5.91 Å². The van der Waals surface area contributed by atoms with Gasteiger partial charge < -0.3 is 14.7 Å². The minimum atomic E-state index is -0.912. The van der Waals surface area contributed by atoms with Gasteiger partial charge in [0.1, 0.15) is 11.8 Å². The van der Waals surface area contributed by atoms with E-state index < -0.39 is 12.0 Å². The highest BCUT2D eigenvalue weighted by Crippen LogP contribution is 2.24. The molecule has 6 heteroatoms. The lowest BCUT2D eigenvalue weighted by atomic mass is 10.2. The lowest BCUT2D eigenvalue weighted by Crippen LogP contribution is -2.40. The van der Waals surface area contributed by atoms with Crippen molar-refractivity contribution in [3.63, 3.8) is 0 Å². The fourth-order valence-corrected chi connectivity index (χ4v) is 2.83. The van der Waals surface area contributed by atoms with Gasteiger partial charge in [-0.2, -0.15) is 0 Å². The maximum absolute atomic E-state index is 12.0. The van der Waals surface area contributed by atoms with Crippen LogP contribution >= 0.6 is 15.9 Å². The molecule has 0 saturated carbocycles. The van der Waals surface area contributed by atoms with Crippen molar-refractivity contribution < 1.29 is 19.4 Å². The van der Waals surface area contributed by atoms with E-state index in [1.807, 2.05) is 24.3 Å². The van der Waals surface area contributed by atoms with Crippen molar-refractivity contribution in [2.45, 2.75) is 31.7 Å². The van der Waals surface area contributed by atoms with Crippen molar-refractivity contribution in [3.05, 3.63) is 28.7 Å². The van der Waals surface area contributed by atoms with Crippen LogP contribution < -0.4 is 4.74 Å². The van der Waals surface area contributed by atoms with E-state index in [4.69, 9.17) is 9.84 Å². The predicted octanol–water partition coefficient (Wildman–Crippen LogP) is 2.68. The number of halogens is 1. The summed E-state index contributed by atoms with van der Waals surface area (Å²) in [5.41, 5.74) is 0. The summed E-state index contributed by atoms with van der Waals surface area (Å²) in [5, 5.41) is 9.06. The van der Waals surface area contributed by atoms with Crippen LogP contribution in [-0.2, 0) is 9.59 Å². The first-order chi connectivity index (χ1) is 10.1. The lowest BCUT2D eigenvalue weighted by Gasteiger charge is -2.21. The number of aliphatic carboxylic acids is 1. The van der Waals surface area contributed by atoms with E-state index in [0.717, 1.165) is 16.6 Å². The number of ether oxygens (including phenoxy) is 1. The summed E-state index contributed by atoms with van der Waals surface area (Å²) in [5.74, 6) is -0.268. The first-order valence-electron chi connectivity index (χ1n) is 6.99. The zero-order valence-electron chi connectivity index (χ0n) is 11.6. The molecule has 0 spiro atoms. The number of carbonyl (C=O) groups excluding carboxylic acids is 1. The molecule has 1 aromatic rings. The Kier molecular flexibility index (Phi) is 5.61. The SMILES string of the molecule is O=C(O)C1CCCN1C(=O)CCCOc1ccccc1Br. The predicted molar refractivity (Wildman–Crippen MR) is 81.2 cm³/mol. The molecule has 1 aliphatic heterocycles. The number of carboxylic acids is 1. The Morgan fingerprint density at radius 3 is 2.86 bits per heavy atom. The van der Waals surface area contributed by atoms with E-state index in [1.165, 1.54) is 4.90 Å². The third-order valence-electron chi connectivity index (χ3n) is 3.49. The third-order valence-corrected chi connectivity index (χ3v) is 4.14. The van der Waals surface area contributed by atoms with Crippen LogP contribution in [0.5, 0.6) is 5.75 Å². The van der Waals surface area contributed by atoms with Crippen LogP contribution in [0.15, 0.2) is 28.7 Å². The molecule has 0 radical (unpaired) electrons. The number of hydrogen-bond acceptors (Lipinski definition) is 3. The van der Waals surface area contributed by atoms with E-state index in [9.17, 15) is 9.59 Å². The molecule has 0 aliphatic carbocycles. The average molecular weight is 356 g/mol. The number of carbonyl (C=O) groups is 2. The van der Waals surface area contributed by atoms with Crippen LogP contribution in [0.1, 0.15) is 25.7 Å². The largest absolute Gasteiger partial charge is 0.492 e. The van der Waals surface area contributed by atoms with Gasteiger partial charge in [0.15, 0.2) is 0 Å². The second-order valence-electron chi connectivity index (χ2n) is 4.97. The van der Waals surface area contributed by atoms with Crippen molar-refractivity contribution in [1.29, 1.82) is 0 Å². The standard InChI is InChI=1S/C15H18BrNO4/c16-11-5-1-2-7-13(11)21-10-4-8-14(18)17-9-3-6-12(17)15(19)20/h1-2,5,7,12H,3-4,6,8-10H2,(H,19,20). The maximum atomic E-state index is 12.0. The molecule has 0 bridgehead atoms. The van der Waals surface area contributed by atoms with E-state index in [1.54, 1.807) is 0 Å². The normalized spacial score (nSPS) is 17.8. The monoisotopic (exact) mass is 355 g/mol. The molecule has 5 nitrogen and oxygen atoms in total. The molecular weight excluding hydrogens is 338 g/mol. The van der Waals surface area contributed by atoms with Crippen LogP contribution in [0.3, 0.4) is 0 Å². The molecule has 1 unspecified atom stereocenters. The number of likely N-dealkylation sites (tertiary alicyclic amines) is 1. The van der Waals surface area contributed by atoms with Gasteiger partial charge in [-0.05, 0) is 47.3 Å². The van der Waals surface area contributed by atoms with Gasteiger partial charge >= 0.3 is 5.97 Å². The molecule has 1 aromatic carbocycles. The molecule has 2 rings (SSSR count). The Hall–Kier alpha value is -1.56. The number of carboxylic acid groups (broad SMARTS) is 1. The molecular formula is C15H18BrNO4. The van der Waals surface area contributed by atoms with Gasteiger partial charge in [0.05, 0.1) is 11.1 Å². The zero-order valence-corrected chi connectivity index (χ0v) is 13.2. The van der Waals surface area contributed by atoms with Crippen LogP contribution in [0.25, 0.3) is 0 Å². The summed E-state index contributed by atoms with van der Waals surface area (Å²) < 4.78 is 6.47. The topological polar surface area (TPSA) is 66.8 Å². The van der Waals surface area contributed by atoms with Crippen molar-refractivity contribution in [2.75, 3.05) is 13.2 Å². The van der Waals surface area contributed by atoms with Crippen LogP contribution in [0.2, 0.25) is 0 Å². The number of benzene rings is 1. The van der Waals surface area contributed by atoms with Gasteiger partial charge in [-0.3, -0.25) is 4.79 Å². The Morgan fingerprint density at radius 1 is 1.38 bits per heavy atom. The van der Waals surface area contributed by atoms with Gasteiger partial charge in [0.2, 0.25) is 5.91 Å². The fourth-order valence-electron chi connectivity index (χ4n) is 2.43. The molecule has 21 heavy (non-hydrogen) atoms. The number of para-hydroxylation sites is 1. The number of rotatable bonds is 6. The zero-order chi connectivity index (χ0) is 15.2. The first-order valence-corrected chi connectivity index (χ1v) is 7.78. The summed E-state index contributed by atoms with van der Waals surface area (Å²) in [6, 6.07) is 6.88. The van der Waals surface area contributed by atoms with Gasteiger partial charge in [-0.1, -0.05) is 12.1 Å². The molecule has 114 valence electrons. The Morgan fingerprint density at radius 2 is 2.14 bits per heavy atom. The van der Waals surface area contributed by atoms with E-state index in [2.05, 4.69) is 15.9 Å². The molecule has 1 fully saturated rings. The summed E-state index contributed by atoms with van der Waals surface area (Å²) in [7, 11) is 0. The summed E-state index contributed by atoms with van der Waals surface area (Å²) in [6.45, 7) is 0.973. The van der Waals surface area contributed by atoms with Gasteiger partial charge in [0.25, 0.3) is 0 Å². The summed E-state index contributed by atoms with van der Waals surface area (Å²) in [4.78, 5) is 24.6. The maximum Gasteiger partial charge on any atom is 0.326 e. The number of hydrogen-bond donors (Lipinski definition) is 1. The Bertz CT molecular complexity index is 520. The second-order valence-corrected chi connectivity index (χ2v) is 5.82. The van der Waals surface area contributed by atoms with Crippen molar-refractivity contribution in [1.82, 2.24) is 4.90 Å². The smallest absolute Gasteiger partial charge is 0.326 e. The van der Waals surface area contributed by atoms with Crippen molar-refractivity contribution in [2.24, 2.45) is 0 Å². The van der Waals surface area contributed by atoms with Crippen molar-refractivity contribution in [3.8, 4) is 5.75 Å². The van der Waals surface area contributed by atoms with E-state index >= 15 is 0 Å². The first kappa shape index (κ1) is 15.8. The summed E-state index contributed by atoms with van der Waals surface area (Å²) >= 11 is 3.39. The van der Waals surface area contributed by atoms with Gasteiger partial charge in [0, 0.05) is 13.0 Å². The van der Waals surface area contributed by atoms with Crippen LogP contribution in [0, 0.1) is 0 Å². The highest BCUT2D eigenvalue weighted by molar-refractivity contribution is 9.10. The second kappa shape index (κ2) is 7.45. The molecule has 1 saturated heterocycles. The molecule has 1 heterocycles. The number of amides is 1. The van der Waals surface area contributed by atoms with Crippen molar-refractivity contribution >= 4 is 27.8 Å². The fraction of sp³-hybridized carbons (Fsp3) is 0.467. The molecule has 1 N–H and O–H groups in total. The molecule has 1 aliphatic rings. The minimum absolute atomic E-state index is 0.101. The van der Waals surface area contributed by atoms with Gasteiger partial charge in [-0.25, -0.2) is 4.79 Å². The van der Waals surface area contributed by atoms with Crippen LogP contribution in [0.4, 0.5) is 0 Å². The lowest BCUT2D eigenvalue weighted by molar-refractivity contribution is -0.148. The quantitative estimate of drug-likeness (QED) is 0.796. The molecule has 1 amide bonds. The Labute approximate surface area is 132 Å². The number of nitrogens with zero attached hydrogens (tertiary/aromatic N) is 1. The minimum Gasteiger partial charge on any atom is -0.492 e. The summed E-state index contributed by atoms with van der Waals surface area (Å²) in [6.07, 6.45) is 2.20. The average Bonchev–Trinajstić information content (AvgIpc) is 2.95. The Balaban J connectivity index is 1.75. The van der Waals surface area contributed by atoms with E-state index in [0.29, 0.717) is 32.4 Å². The van der Waals surface area contributed by atoms with Crippen LogP contribution in [-0.4, -0.2) is 41.1 Å². The van der Waals surface area contributed by atoms with Gasteiger partial charge in [-0.15, -0.1) is 0 Å².